The first-order valence-electron chi connectivity index (χ1n) is 9.18. The van der Waals surface area contributed by atoms with E-state index in [4.69, 9.17) is 32.4 Å². The van der Waals surface area contributed by atoms with Gasteiger partial charge in [0, 0.05) is 5.56 Å². The van der Waals surface area contributed by atoms with E-state index in [1.165, 1.54) is 7.11 Å². The third kappa shape index (κ3) is 3.50. The second kappa shape index (κ2) is 7.45. The van der Waals surface area contributed by atoms with Crippen LogP contribution in [0.5, 0.6) is 5.75 Å². The van der Waals surface area contributed by atoms with Crippen molar-refractivity contribution in [2.24, 2.45) is 5.92 Å². The maximum absolute atomic E-state index is 13.5. The lowest BCUT2D eigenvalue weighted by atomic mass is 9.69. The number of benzene rings is 1. The molecule has 2 aliphatic carbocycles. The quantitative estimate of drug-likeness (QED) is 0.381. The molecule has 1 aromatic rings. The van der Waals surface area contributed by atoms with Crippen molar-refractivity contribution in [2.45, 2.75) is 44.0 Å². The number of methoxy groups -OCH3 is 1. The summed E-state index contributed by atoms with van der Waals surface area (Å²) in [5.41, 5.74) is 1.65. The van der Waals surface area contributed by atoms with E-state index < -0.39 is 31.0 Å². The maximum atomic E-state index is 13.5. The summed E-state index contributed by atoms with van der Waals surface area (Å²) in [5.74, 6) is -0.963. The molecule has 150 valence electrons. The fraction of sp³-hybridized carbons (Fsp3) is 0.429. The minimum Gasteiger partial charge on any atom is -0.496 e. The van der Waals surface area contributed by atoms with Gasteiger partial charge in [0.25, 0.3) is 0 Å². The fourth-order valence-corrected chi connectivity index (χ4v) is 5.66. The van der Waals surface area contributed by atoms with Gasteiger partial charge in [0.2, 0.25) is 0 Å². The normalized spacial score (nSPS) is 27.8. The second-order valence-corrected chi connectivity index (χ2v) is 13.7. The van der Waals surface area contributed by atoms with Crippen molar-refractivity contribution in [1.29, 1.82) is 0 Å². The zero-order chi connectivity index (χ0) is 20.9. The Hall–Kier alpha value is -1.40. The number of aryl methyl sites for hydroxylation is 1. The average Bonchev–Trinajstić information content (AvgIpc) is 2.61. The molecule has 4 nitrogen and oxygen atoms in total. The smallest absolute Gasteiger partial charge is 0.199 e. The van der Waals surface area contributed by atoms with Crippen molar-refractivity contribution in [3.63, 3.8) is 0 Å². The van der Waals surface area contributed by atoms with Crippen molar-refractivity contribution < 1.29 is 18.8 Å². The van der Waals surface area contributed by atoms with Crippen molar-refractivity contribution in [3.05, 3.63) is 46.5 Å². The number of rotatable bonds is 4. The summed E-state index contributed by atoms with van der Waals surface area (Å²) in [5, 5.41) is -0.155. The lowest BCUT2D eigenvalue weighted by molar-refractivity contribution is -0.129. The number of fused-ring (bicyclic) bond motifs is 1. The monoisotopic (exact) mass is 438 g/mol. The van der Waals surface area contributed by atoms with Crippen molar-refractivity contribution in [1.82, 2.24) is 0 Å². The van der Waals surface area contributed by atoms with E-state index in [-0.39, 0.29) is 16.4 Å². The molecule has 3 atom stereocenters. The summed E-state index contributed by atoms with van der Waals surface area (Å²) >= 11 is 13.3. The van der Waals surface area contributed by atoms with Crippen molar-refractivity contribution >= 4 is 48.7 Å². The zero-order valence-corrected chi connectivity index (χ0v) is 19.1. The highest BCUT2D eigenvalue weighted by Crippen LogP contribution is 2.50. The number of ketones is 2. The molecular weight excluding hydrogens is 415 g/mol. The first-order chi connectivity index (χ1) is 13.0. The Kier molecular flexibility index (Phi) is 5.67. The van der Waals surface area contributed by atoms with Gasteiger partial charge in [0.15, 0.2) is 19.9 Å². The molecule has 2 aliphatic rings. The minimum absolute atomic E-state index is 0.155. The van der Waals surface area contributed by atoms with Crippen LogP contribution >= 0.6 is 23.2 Å². The highest BCUT2D eigenvalue weighted by molar-refractivity contribution is 6.70. The van der Waals surface area contributed by atoms with Crippen LogP contribution in [-0.2, 0) is 14.0 Å². The van der Waals surface area contributed by atoms with Gasteiger partial charge in [0.1, 0.15) is 10.6 Å². The Morgan fingerprint density at radius 3 is 2.50 bits per heavy atom. The molecule has 0 spiro atoms. The van der Waals surface area contributed by atoms with Gasteiger partial charge in [-0.25, -0.2) is 0 Å². The molecule has 0 fully saturated rings. The second-order valence-electron chi connectivity index (χ2n) is 8.22. The molecule has 0 heterocycles. The molecule has 0 radical (unpaired) electrons. The lowest BCUT2D eigenvalue weighted by Crippen LogP contribution is -2.59. The summed E-state index contributed by atoms with van der Waals surface area (Å²) in [7, 11) is -0.499. The Morgan fingerprint density at radius 1 is 1.21 bits per heavy atom. The predicted molar refractivity (Wildman–Crippen MR) is 115 cm³/mol. The van der Waals surface area contributed by atoms with E-state index in [1.807, 2.05) is 44.8 Å². The SMILES string of the molecule is COc1cc(C)ccc1C1=C(Cl)C(=O)C2(Cl)C(CC=C[C@H]2O[Si](C)(C)C)C1=O. The first kappa shape index (κ1) is 21.3. The number of Topliss-reactive ketones (excluding diaryl/α,β-unsaturated/α-hetero) is 2. The van der Waals surface area contributed by atoms with Gasteiger partial charge in [0.05, 0.1) is 29.7 Å². The van der Waals surface area contributed by atoms with Crippen LogP contribution in [0.4, 0.5) is 0 Å². The van der Waals surface area contributed by atoms with Crippen LogP contribution in [0.3, 0.4) is 0 Å². The number of halogens is 2. The Balaban J connectivity index is 2.15. The summed E-state index contributed by atoms with van der Waals surface area (Å²) < 4.78 is 11.6. The fourth-order valence-electron chi connectivity index (χ4n) is 3.76. The van der Waals surface area contributed by atoms with E-state index in [2.05, 4.69) is 0 Å². The average molecular weight is 439 g/mol. The number of hydrogen-bond acceptors (Lipinski definition) is 4. The molecule has 0 bridgehead atoms. The standard InChI is InChI=1S/C21H24Cl2O4Si/c1-12-9-10-13(15(11-12)26-2)17-18(22)20(25)21(23)14(19(17)24)7-6-8-16(21)27-28(3,4)5/h6,8-11,14,16H,7H2,1-5H3/t14?,16-,21?/m1/s1. The molecule has 0 aliphatic heterocycles. The number of alkyl halides is 1. The van der Waals surface area contributed by atoms with Gasteiger partial charge in [-0.2, -0.15) is 0 Å². The first-order valence-corrected chi connectivity index (χ1v) is 13.3. The van der Waals surface area contributed by atoms with E-state index in [0.29, 0.717) is 17.7 Å². The maximum Gasteiger partial charge on any atom is 0.199 e. The molecular formula is C21H24Cl2O4Si. The van der Waals surface area contributed by atoms with E-state index in [9.17, 15) is 9.59 Å². The molecule has 7 heteroatoms. The zero-order valence-electron chi connectivity index (χ0n) is 16.6. The Morgan fingerprint density at radius 2 is 1.89 bits per heavy atom. The molecule has 0 N–H and O–H groups in total. The van der Waals surface area contributed by atoms with Gasteiger partial charge >= 0.3 is 0 Å². The molecule has 0 saturated heterocycles. The van der Waals surface area contributed by atoms with Gasteiger partial charge in [-0.1, -0.05) is 35.9 Å². The molecule has 0 saturated carbocycles. The van der Waals surface area contributed by atoms with Gasteiger partial charge < -0.3 is 9.16 Å². The third-order valence-electron chi connectivity index (χ3n) is 5.04. The van der Waals surface area contributed by atoms with E-state index in [1.54, 1.807) is 12.1 Å². The molecule has 28 heavy (non-hydrogen) atoms. The number of allylic oxidation sites excluding steroid dienone is 3. The largest absolute Gasteiger partial charge is 0.496 e. The Labute approximate surface area is 176 Å². The van der Waals surface area contributed by atoms with Gasteiger partial charge in [-0.3, -0.25) is 9.59 Å². The van der Waals surface area contributed by atoms with Crippen LogP contribution in [-0.4, -0.2) is 38.0 Å². The van der Waals surface area contributed by atoms with Crippen LogP contribution < -0.4 is 4.74 Å². The Bertz CT molecular complexity index is 900. The van der Waals surface area contributed by atoms with Crippen LogP contribution in [0.2, 0.25) is 19.6 Å². The van der Waals surface area contributed by atoms with Crippen LogP contribution in [0, 0.1) is 12.8 Å². The topological polar surface area (TPSA) is 52.6 Å². The molecule has 0 aromatic heterocycles. The van der Waals surface area contributed by atoms with Gasteiger partial charge in [-0.15, -0.1) is 11.6 Å². The lowest BCUT2D eigenvalue weighted by Gasteiger charge is -2.45. The number of carbonyl (C=O) groups is 2. The van der Waals surface area contributed by atoms with Crippen molar-refractivity contribution in [3.8, 4) is 5.75 Å². The number of ether oxygens (including phenoxy) is 1. The van der Waals surface area contributed by atoms with Crippen LogP contribution in [0.1, 0.15) is 17.5 Å². The summed E-state index contributed by atoms with van der Waals surface area (Å²) in [6.07, 6.45) is 3.33. The molecule has 3 rings (SSSR count). The van der Waals surface area contributed by atoms with Crippen LogP contribution in [0.25, 0.3) is 5.57 Å². The van der Waals surface area contributed by atoms with Gasteiger partial charge in [-0.05, 0) is 44.6 Å². The molecule has 2 unspecified atom stereocenters. The summed E-state index contributed by atoms with van der Waals surface area (Å²) in [4.78, 5) is 25.3. The van der Waals surface area contributed by atoms with E-state index in [0.717, 1.165) is 5.56 Å². The summed E-state index contributed by atoms with van der Waals surface area (Å²) in [6, 6.07) is 5.42. The minimum atomic E-state index is -2.02. The highest BCUT2D eigenvalue weighted by atomic mass is 35.5. The summed E-state index contributed by atoms with van der Waals surface area (Å²) in [6.45, 7) is 7.96. The van der Waals surface area contributed by atoms with E-state index >= 15 is 0 Å². The highest BCUT2D eigenvalue weighted by Gasteiger charge is 2.59. The van der Waals surface area contributed by atoms with Crippen LogP contribution in [0.15, 0.2) is 35.4 Å². The number of carbonyl (C=O) groups excluding carboxylic acids is 2. The molecule has 0 amide bonds. The van der Waals surface area contributed by atoms with Crippen molar-refractivity contribution in [2.75, 3.05) is 7.11 Å². The number of hydrogen-bond donors (Lipinski definition) is 0. The third-order valence-corrected chi connectivity index (χ3v) is 7.01. The predicted octanol–water partition coefficient (Wildman–Crippen LogP) is 4.88. The molecule has 1 aromatic carbocycles.